The highest BCUT2D eigenvalue weighted by Gasteiger charge is 2.19. The Kier molecular flexibility index (Phi) is 4.39. The van der Waals surface area contributed by atoms with Crippen LogP contribution >= 0.6 is 0 Å². The third-order valence-corrected chi connectivity index (χ3v) is 2.99. The van der Waals surface area contributed by atoms with Gasteiger partial charge < -0.3 is 15.4 Å². The number of piperidine rings is 1. The van der Waals surface area contributed by atoms with Gasteiger partial charge in [0, 0.05) is 19.0 Å². The van der Waals surface area contributed by atoms with Crippen LogP contribution in [0.5, 0.6) is 5.75 Å². The second kappa shape index (κ2) is 6.22. The second-order valence-corrected chi connectivity index (χ2v) is 4.71. The van der Waals surface area contributed by atoms with Crippen LogP contribution < -0.4 is 15.4 Å². The molecule has 0 spiro atoms. The SMILES string of the molecule is Cc1cccc(OCC(=O)NC2CCC(=O)NC2)c1. The average molecular weight is 262 g/mol. The zero-order chi connectivity index (χ0) is 13.7. The lowest BCUT2D eigenvalue weighted by Crippen LogP contribution is -2.48. The van der Waals surface area contributed by atoms with Crippen molar-refractivity contribution in [3.63, 3.8) is 0 Å². The molecule has 5 nitrogen and oxygen atoms in total. The molecule has 102 valence electrons. The number of carbonyl (C=O) groups excluding carboxylic acids is 2. The highest BCUT2D eigenvalue weighted by molar-refractivity contribution is 5.79. The van der Waals surface area contributed by atoms with E-state index >= 15 is 0 Å². The van der Waals surface area contributed by atoms with Crippen molar-refractivity contribution in [2.45, 2.75) is 25.8 Å². The van der Waals surface area contributed by atoms with Crippen LogP contribution in [-0.4, -0.2) is 31.0 Å². The van der Waals surface area contributed by atoms with Crippen molar-refractivity contribution in [2.75, 3.05) is 13.2 Å². The first kappa shape index (κ1) is 13.4. The summed E-state index contributed by atoms with van der Waals surface area (Å²) >= 11 is 0. The first-order chi connectivity index (χ1) is 9.13. The van der Waals surface area contributed by atoms with Gasteiger partial charge in [-0.15, -0.1) is 0 Å². The maximum absolute atomic E-state index is 11.7. The molecule has 1 atom stereocenters. The number of benzene rings is 1. The van der Waals surface area contributed by atoms with Crippen molar-refractivity contribution in [1.82, 2.24) is 10.6 Å². The molecule has 0 saturated carbocycles. The predicted octanol–water partition coefficient (Wildman–Crippen LogP) is 0.769. The number of carbonyl (C=O) groups is 2. The number of ether oxygens (including phenoxy) is 1. The third kappa shape index (κ3) is 4.28. The van der Waals surface area contributed by atoms with Crippen molar-refractivity contribution in [1.29, 1.82) is 0 Å². The molecular formula is C14H18N2O3. The fourth-order valence-electron chi connectivity index (χ4n) is 1.98. The van der Waals surface area contributed by atoms with Crippen molar-refractivity contribution < 1.29 is 14.3 Å². The first-order valence-electron chi connectivity index (χ1n) is 6.39. The minimum absolute atomic E-state index is 0.00584. The third-order valence-electron chi connectivity index (χ3n) is 2.99. The van der Waals surface area contributed by atoms with Gasteiger partial charge in [0.25, 0.3) is 5.91 Å². The fraction of sp³-hybridized carbons (Fsp3) is 0.429. The molecule has 1 fully saturated rings. The summed E-state index contributed by atoms with van der Waals surface area (Å²) in [5, 5.41) is 5.57. The topological polar surface area (TPSA) is 67.4 Å². The predicted molar refractivity (Wildman–Crippen MR) is 70.8 cm³/mol. The molecule has 0 aliphatic carbocycles. The van der Waals surface area contributed by atoms with Crippen LogP contribution in [0.15, 0.2) is 24.3 Å². The normalized spacial score (nSPS) is 18.6. The molecule has 2 N–H and O–H groups in total. The molecule has 1 aliphatic heterocycles. The molecule has 0 bridgehead atoms. The number of hydrogen-bond donors (Lipinski definition) is 2. The number of rotatable bonds is 4. The Morgan fingerprint density at radius 3 is 3.05 bits per heavy atom. The average Bonchev–Trinajstić information content (AvgIpc) is 2.39. The van der Waals surface area contributed by atoms with Crippen LogP contribution in [0.3, 0.4) is 0 Å². The highest BCUT2D eigenvalue weighted by Crippen LogP contribution is 2.12. The van der Waals surface area contributed by atoms with E-state index in [2.05, 4.69) is 10.6 Å². The van der Waals surface area contributed by atoms with E-state index in [1.807, 2.05) is 31.2 Å². The second-order valence-electron chi connectivity index (χ2n) is 4.71. The molecule has 1 heterocycles. The molecule has 1 aliphatic rings. The molecule has 1 unspecified atom stereocenters. The Labute approximate surface area is 112 Å². The Morgan fingerprint density at radius 2 is 2.37 bits per heavy atom. The van der Waals surface area contributed by atoms with Gasteiger partial charge in [-0.3, -0.25) is 9.59 Å². The van der Waals surface area contributed by atoms with Gasteiger partial charge in [0.1, 0.15) is 5.75 Å². The molecule has 1 aromatic rings. The lowest BCUT2D eigenvalue weighted by molar-refractivity contribution is -0.126. The smallest absolute Gasteiger partial charge is 0.258 e. The van der Waals surface area contributed by atoms with Gasteiger partial charge in [-0.05, 0) is 31.0 Å². The van der Waals surface area contributed by atoms with E-state index in [0.717, 1.165) is 5.56 Å². The highest BCUT2D eigenvalue weighted by atomic mass is 16.5. The van der Waals surface area contributed by atoms with Crippen LogP contribution in [-0.2, 0) is 9.59 Å². The summed E-state index contributed by atoms with van der Waals surface area (Å²) < 4.78 is 5.41. The van der Waals surface area contributed by atoms with Crippen LogP contribution in [0, 0.1) is 6.92 Å². The van der Waals surface area contributed by atoms with Gasteiger partial charge in [0.05, 0.1) is 0 Å². The summed E-state index contributed by atoms with van der Waals surface area (Å²) in [6, 6.07) is 7.57. The van der Waals surface area contributed by atoms with E-state index < -0.39 is 0 Å². The molecule has 2 rings (SSSR count). The number of nitrogens with one attached hydrogen (secondary N) is 2. The van der Waals surface area contributed by atoms with Gasteiger partial charge in [0.15, 0.2) is 6.61 Å². The minimum Gasteiger partial charge on any atom is -0.484 e. The maximum Gasteiger partial charge on any atom is 0.258 e. The lowest BCUT2D eigenvalue weighted by atomic mass is 10.1. The quantitative estimate of drug-likeness (QED) is 0.842. The largest absolute Gasteiger partial charge is 0.484 e. The van der Waals surface area contributed by atoms with Crippen LogP contribution in [0.1, 0.15) is 18.4 Å². The Morgan fingerprint density at radius 1 is 1.53 bits per heavy atom. The molecule has 2 amide bonds. The molecular weight excluding hydrogens is 244 g/mol. The summed E-state index contributed by atoms with van der Waals surface area (Å²) in [4.78, 5) is 22.7. The van der Waals surface area contributed by atoms with Crippen molar-refractivity contribution in [3.05, 3.63) is 29.8 Å². The molecule has 0 radical (unpaired) electrons. The van der Waals surface area contributed by atoms with E-state index in [0.29, 0.717) is 25.1 Å². The van der Waals surface area contributed by atoms with Gasteiger partial charge in [-0.2, -0.15) is 0 Å². The monoisotopic (exact) mass is 262 g/mol. The zero-order valence-corrected chi connectivity index (χ0v) is 10.9. The maximum atomic E-state index is 11.7. The van der Waals surface area contributed by atoms with Crippen molar-refractivity contribution in [2.24, 2.45) is 0 Å². The van der Waals surface area contributed by atoms with E-state index in [-0.39, 0.29) is 24.5 Å². The van der Waals surface area contributed by atoms with E-state index in [1.54, 1.807) is 0 Å². The number of hydrogen-bond acceptors (Lipinski definition) is 3. The summed E-state index contributed by atoms with van der Waals surface area (Å²) in [6.45, 7) is 2.46. The van der Waals surface area contributed by atoms with Crippen LogP contribution in [0.25, 0.3) is 0 Å². The van der Waals surface area contributed by atoms with Crippen LogP contribution in [0.2, 0.25) is 0 Å². The Hall–Kier alpha value is -2.04. The molecule has 5 heteroatoms. The Bertz CT molecular complexity index is 464. The summed E-state index contributed by atoms with van der Waals surface area (Å²) in [7, 11) is 0. The summed E-state index contributed by atoms with van der Waals surface area (Å²) in [5.41, 5.74) is 1.09. The van der Waals surface area contributed by atoms with Gasteiger partial charge >= 0.3 is 0 Å². The lowest BCUT2D eigenvalue weighted by Gasteiger charge is -2.23. The van der Waals surface area contributed by atoms with Crippen LogP contribution in [0.4, 0.5) is 0 Å². The van der Waals surface area contributed by atoms with Crippen molar-refractivity contribution in [3.8, 4) is 5.75 Å². The van der Waals surface area contributed by atoms with Gasteiger partial charge in [-0.25, -0.2) is 0 Å². The van der Waals surface area contributed by atoms with Gasteiger partial charge in [-0.1, -0.05) is 12.1 Å². The number of aryl methyl sites for hydroxylation is 1. The van der Waals surface area contributed by atoms with E-state index in [4.69, 9.17) is 4.74 Å². The van der Waals surface area contributed by atoms with E-state index in [1.165, 1.54) is 0 Å². The van der Waals surface area contributed by atoms with Crippen molar-refractivity contribution >= 4 is 11.8 Å². The minimum atomic E-state index is -0.164. The molecule has 1 saturated heterocycles. The first-order valence-corrected chi connectivity index (χ1v) is 6.39. The van der Waals surface area contributed by atoms with E-state index in [9.17, 15) is 9.59 Å². The summed E-state index contributed by atoms with van der Waals surface area (Å²) in [5.74, 6) is 0.566. The fourth-order valence-corrected chi connectivity index (χ4v) is 1.98. The Balaban J connectivity index is 1.74. The summed E-state index contributed by atoms with van der Waals surface area (Å²) in [6.07, 6.45) is 1.14. The van der Waals surface area contributed by atoms with Gasteiger partial charge in [0.2, 0.25) is 5.91 Å². The number of amides is 2. The molecule has 0 aromatic heterocycles. The standard InChI is InChI=1S/C14H18N2O3/c1-10-3-2-4-12(7-10)19-9-14(18)16-11-5-6-13(17)15-8-11/h2-4,7,11H,5-6,8-9H2,1H3,(H,15,17)(H,16,18). The zero-order valence-electron chi connectivity index (χ0n) is 10.9. The molecule has 19 heavy (non-hydrogen) atoms. The molecule has 1 aromatic carbocycles.